The van der Waals surface area contributed by atoms with Gasteiger partial charge in [0.2, 0.25) is 0 Å². The fourth-order valence-electron chi connectivity index (χ4n) is 0.365. The fraction of sp³-hybridized carbons (Fsp3) is 1.00. The average Bonchev–Trinajstić information content (AvgIpc) is 1.65. The van der Waals surface area contributed by atoms with Crippen LogP contribution in [0.25, 0.3) is 0 Å². The van der Waals surface area contributed by atoms with Gasteiger partial charge in [-0.05, 0) is 13.6 Å². The molecule has 0 unspecified atom stereocenters. The first-order valence-electron chi connectivity index (χ1n) is 2.88. The molecule has 0 fully saturated rings. The maximum absolute atomic E-state index is 2.43. The van der Waals surface area contributed by atoms with Gasteiger partial charge in [-0.2, -0.15) is 0 Å². The third-order valence-corrected chi connectivity index (χ3v) is 3.51. The fourth-order valence-corrected chi connectivity index (χ4v) is 1.10. The Morgan fingerprint density at radius 3 is 1.86 bits per heavy atom. The second-order valence-electron chi connectivity index (χ2n) is 2.17. The summed E-state index contributed by atoms with van der Waals surface area (Å²) in [5.74, 6) is 4.67. The maximum atomic E-state index is 2.43. The standard InChI is InChI=1S/C3H8N.2CH3.Al/c1-3-4-2;;;/h3H2,1-2H3;2*1H3;/q-1;;;+1. The molecular formula is C5H14AlN. The van der Waals surface area contributed by atoms with Gasteiger partial charge in [-0.3, -0.25) is 0 Å². The number of hydrogen-bond donors (Lipinski definition) is 0. The van der Waals surface area contributed by atoms with Crippen molar-refractivity contribution in [3.05, 3.63) is 0 Å². The normalized spacial score (nSPS) is 9.86. The Morgan fingerprint density at radius 2 is 1.86 bits per heavy atom. The molecule has 0 amide bonds. The lowest BCUT2D eigenvalue weighted by atomic mass is 10.8. The molecule has 0 aliphatic heterocycles. The third-order valence-electron chi connectivity index (χ3n) is 1.38. The lowest BCUT2D eigenvalue weighted by molar-refractivity contribution is 0.556. The molecule has 0 atom stereocenters. The van der Waals surface area contributed by atoms with Crippen molar-refractivity contribution in [3.63, 3.8) is 0 Å². The van der Waals surface area contributed by atoms with E-state index in [1.54, 1.807) is 0 Å². The van der Waals surface area contributed by atoms with E-state index in [0.717, 1.165) is 0 Å². The lowest BCUT2D eigenvalue weighted by Gasteiger charge is -2.13. The van der Waals surface area contributed by atoms with E-state index in [2.05, 4.69) is 29.4 Å². The van der Waals surface area contributed by atoms with Gasteiger partial charge in [-0.1, -0.05) is 18.5 Å². The van der Waals surface area contributed by atoms with Crippen molar-refractivity contribution in [2.45, 2.75) is 18.5 Å². The van der Waals surface area contributed by atoms with Gasteiger partial charge in [0.05, 0.1) is 0 Å². The summed E-state index contributed by atoms with van der Waals surface area (Å²) in [5.41, 5.74) is 0. The second-order valence-corrected chi connectivity index (χ2v) is 5.24. The molecule has 2 heteroatoms. The predicted molar refractivity (Wildman–Crippen MR) is 35.8 cm³/mol. The molecule has 1 nitrogen and oxygen atoms in total. The first kappa shape index (κ1) is 7.49. The van der Waals surface area contributed by atoms with E-state index in [4.69, 9.17) is 0 Å². The highest BCUT2D eigenvalue weighted by Crippen LogP contribution is 1.85. The molecule has 0 N–H and O–H groups in total. The van der Waals surface area contributed by atoms with Crippen molar-refractivity contribution in [2.24, 2.45) is 0 Å². The van der Waals surface area contributed by atoms with Crippen LogP contribution in [0, 0.1) is 0 Å². The molecule has 0 heterocycles. The summed E-state index contributed by atoms with van der Waals surface area (Å²) in [7, 11) is 2.19. The smallest absolute Gasteiger partial charge is 0.365 e. The third kappa shape index (κ3) is 3.11. The minimum atomic E-state index is -0.431. The van der Waals surface area contributed by atoms with Gasteiger partial charge < -0.3 is 3.88 Å². The summed E-state index contributed by atoms with van der Waals surface area (Å²) in [6, 6.07) is 0. The van der Waals surface area contributed by atoms with Crippen LogP contribution in [0.4, 0.5) is 0 Å². The highest BCUT2D eigenvalue weighted by atomic mass is 27.2. The molecule has 0 rings (SSSR count). The molecule has 0 radical (unpaired) electrons. The maximum Gasteiger partial charge on any atom is 0.365 e. The highest BCUT2D eigenvalue weighted by molar-refractivity contribution is 6.52. The summed E-state index contributed by atoms with van der Waals surface area (Å²) < 4.78 is 2.43. The van der Waals surface area contributed by atoms with Crippen LogP contribution in [0.1, 0.15) is 6.92 Å². The Morgan fingerprint density at radius 1 is 1.43 bits per heavy atom. The van der Waals surface area contributed by atoms with Gasteiger partial charge >= 0.3 is 14.4 Å². The van der Waals surface area contributed by atoms with E-state index in [1.807, 2.05) is 0 Å². The number of hydrogen-bond acceptors (Lipinski definition) is 1. The van der Waals surface area contributed by atoms with Crippen molar-refractivity contribution >= 4 is 14.4 Å². The van der Waals surface area contributed by atoms with Crippen molar-refractivity contribution in [1.82, 2.24) is 3.88 Å². The molecule has 0 bridgehead atoms. The van der Waals surface area contributed by atoms with Gasteiger partial charge in [0.15, 0.2) is 0 Å². The Hall–Kier alpha value is 0.492. The van der Waals surface area contributed by atoms with Crippen LogP contribution in [0.5, 0.6) is 0 Å². The van der Waals surface area contributed by atoms with Crippen LogP contribution in [0.2, 0.25) is 11.6 Å². The monoisotopic (exact) mass is 115 g/mol. The quantitative estimate of drug-likeness (QED) is 0.488. The topological polar surface area (TPSA) is 3.24 Å². The summed E-state index contributed by atoms with van der Waals surface area (Å²) in [5, 5.41) is 0. The van der Waals surface area contributed by atoms with Crippen LogP contribution in [0.15, 0.2) is 0 Å². The molecule has 42 valence electrons. The number of rotatable bonds is 2. The van der Waals surface area contributed by atoms with E-state index < -0.39 is 14.4 Å². The minimum absolute atomic E-state index is 0.431. The zero-order chi connectivity index (χ0) is 5.86. The molecule has 0 aliphatic carbocycles. The molecular weight excluding hydrogens is 101 g/mol. The first-order valence-corrected chi connectivity index (χ1v) is 5.71. The number of nitrogens with zero attached hydrogens (tertiary/aromatic N) is 1. The Bertz CT molecular complexity index is 45.3. The van der Waals surface area contributed by atoms with E-state index in [0.29, 0.717) is 0 Å². The highest BCUT2D eigenvalue weighted by Gasteiger charge is 2.05. The first-order chi connectivity index (χ1) is 3.18. The van der Waals surface area contributed by atoms with Gasteiger partial charge in [-0.25, -0.2) is 0 Å². The van der Waals surface area contributed by atoms with Crippen molar-refractivity contribution < 1.29 is 0 Å². The van der Waals surface area contributed by atoms with Gasteiger partial charge in [0.25, 0.3) is 0 Å². The minimum Gasteiger partial charge on any atom is -0.388 e. The van der Waals surface area contributed by atoms with Crippen LogP contribution < -0.4 is 0 Å². The van der Waals surface area contributed by atoms with E-state index in [-0.39, 0.29) is 0 Å². The second kappa shape index (κ2) is 3.49. The summed E-state index contributed by atoms with van der Waals surface area (Å²) >= 11 is -0.431. The Labute approximate surface area is 50.9 Å². The van der Waals surface area contributed by atoms with E-state index >= 15 is 0 Å². The molecule has 0 aromatic heterocycles. The van der Waals surface area contributed by atoms with Crippen LogP contribution >= 0.6 is 0 Å². The van der Waals surface area contributed by atoms with Crippen molar-refractivity contribution in [2.75, 3.05) is 13.6 Å². The molecule has 0 saturated heterocycles. The molecule has 0 saturated carbocycles. The van der Waals surface area contributed by atoms with Gasteiger partial charge in [0.1, 0.15) is 0 Å². The molecule has 0 spiro atoms. The van der Waals surface area contributed by atoms with Gasteiger partial charge in [-0.15, -0.1) is 0 Å². The summed E-state index contributed by atoms with van der Waals surface area (Å²) in [4.78, 5) is 0. The van der Waals surface area contributed by atoms with E-state index in [9.17, 15) is 0 Å². The molecule has 0 aromatic carbocycles. The van der Waals surface area contributed by atoms with Gasteiger partial charge in [0, 0.05) is 0 Å². The molecule has 0 aliphatic rings. The van der Waals surface area contributed by atoms with Crippen molar-refractivity contribution in [3.8, 4) is 0 Å². The van der Waals surface area contributed by atoms with E-state index in [1.165, 1.54) is 6.54 Å². The Balaban J connectivity index is 3.14. The largest absolute Gasteiger partial charge is 0.388 e. The summed E-state index contributed by atoms with van der Waals surface area (Å²) in [6.45, 7) is 3.41. The molecule has 7 heavy (non-hydrogen) atoms. The summed E-state index contributed by atoms with van der Waals surface area (Å²) in [6.07, 6.45) is 0. The lowest BCUT2D eigenvalue weighted by Crippen LogP contribution is -2.29. The molecule has 0 aromatic rings. The van der Waals surface area contributed by atoms with Crippen LogP contribution in [-0.4, -0.2) is 31.8 Å². The van der Waals surface area contributed by atoms with Crippen LogP contribution in [0.3, 0.4) is 0 Å². The zero-order valence-electron chi connectivity index (χ0n) is 5.73. The predicted octanol–water partition coefficient (Wildman–Crippen LogP) is 1.19. The van der Waals surface area contributed by atoms with Crippen LogP contribution in [-0.2, 0) is 0 Å². The zero-order valence-corrected chi connectivity index (χ0v) is 6.89. The SMILES string of the molecule is CC[N](C)[Al]([CH3])[CH3]. The average molecular weight is 115 g/mol. The Kier molecular flexibility index (Phi) is 3.73. The van der Waals surface area contributed by atoms with Crippen molar-refractivity contribution in [1.29, 1.82) is 0 Å².